The number of carbonyl (C=O) groups excluding carboxylic acids is 1. The van der Waals surface area contributed by atoms with E-state index in [0.29, 0.717) is 4.88 Å². The summed E-state index contributed by atoms with van der Waals surface area (Å²) in [4.78, 5) is 19.3. The predicted octanol–water partition coefficient (Wildman–Crippen LogP) is 6.17. The van der Waals surface area contributed by atoms with Gasteiger partial charge in [-0.05, 0) is 48.3 Å². The maximum atomic E-state index is 12.8. The van der Waals surface area contributed by atoms with Crippen LogP contribution in [0.5, 0.6) is 0 Å². The van der Waals surface area contributed by atoms with E-state index in [4.69, 9.17) is 4.53 Å². The quantitative estimate of drug-likeness (QED) is 0.326. The van der Waals surface area contributed by atoms with Crippen LogP contribution in [0.1, 0.15) is 41.6 Å². The number of thiophene rings is 1. The minimum absolute atomic E-state index is 0.0178. The van der Waals surface area contributed by atoms with Gasteiger partial charge in [-0.3, -0.25) is 15.3 Å². The summed E-state index contributed by atoms with van der Waals surface area (Å²) in [6, 6.07) is 8.28. The highest BCUT2D eigenvalue weighted by Gasteiger charge is 2.38. The molecule has 1 aliphatic rings. The van der Waals surface area contributed by atoms with Gasteiger partial charge in [0, 0.05) is 43.1 Å². The number of fused-ring (bicyclic) bond motifs is 2. The van der Waals surface area contributed by atoms with Crippen molar-refractivity contribution in [3.8, 4) is 0 Å². The lowest BCUT2D eigenvalue weighted by Gasteiger charge is -2.35. The Bertz CT molecular complexity index is 1240. The maximum absolute atomic E-state index is 12.8. The summed E-state index contributed by atoms with van der Waals surface area (Å²) < 4.78 is 7.21. The third-order valence-corrected chi connectivity index (χ3v) is 11.9. The molecule has 2 N–H and O–H groups in total. The predicted molar refractivity (Wildman–Crippen MR) is 140 cm³/mol. The molecule has 1 aromatic carbocycles. The number of hydrogen-bond acceptors (Lipinski definition) is 6. The molecule has 0 spiro atoms. The van der Waals surface area contributed by atoms with Crippen molar-refractivity contribution in [3.63, 3.8) is 0 Å². The van der Waals surface area contributed by atoms with Crippen molar-refractivity contribution < 1.29 is 9.32 Å². The summed E-state index contributed by atoms with van der Waals surface area (Å²) in [5.41, 5.74) is 8.45. The van der Waals surface area contributed by atoms with Crippen LogP contribution in [0, 0.1) is 0 Å². The number of benzene rings is 1. The van der Waals surface area contributed by atoms with Crippen molar-refractivity contribution in [2.45, 2.75) is 45.3 Å². The molecule has 1 aliphatic carbocycles. The molecule has 0 saturated heterocycles. The van der Waals surface area contributed by atoms with Crippen LogP contribution in [0.25, 0.3) is 15.8 Å². The number of amides is 1. The molecule has 0 saturated carbocycles. The number of nitrogens with zero attached hydrogens (tertiary/aromatic N) is 2. The molecule has 6 nitrogen and oxygen atoms in total. The van der Waals surface area contributed by atoms with Crippen molar-refractivity contribution in [1.82, 2.24) is 15.4 Å². The van der Waals surface area contributed by atoms with Gasteiger partial charge in [0.2, 0.25) is 8.32 Å². The van der Waals surface area contributed by atoms with Gasteiger partial charge in [0.05, 0.1) is 16.1 Å². The third-order valence-electron chi connectivity index (χ3n) is 6.51. The zero-order valence-corrected chi connectivity index (χ0v) is 22.2. The normalized spacial score (nSPS) is 13.6. The fourth-order valence-electron chi connectivity index (χ4n) is 3.43. The van der Waals surface area contributed by atoms with Crippen LogP contribution in [-0.2, 0) is 10.9 Å². The molecule has 1 amide bonds. The second kappa shape index (κ2) is 8.59. The standard InChI is InChI=1S/C25H32N4O2SSi/c1-25(2,3)33(6,7)31-28-20-11-8-16-14-17(9-10-18(16)20)27-22-19-12-13-26-15-21(19)32-23(22)24(30)29(4)5/h9-15,27-28H,8H2,1-7H3. The molecule has 0 fully saturated rings. The fourth-order valence-corrected chi connectivity index (χ4v) is 5.25. The second-order valence-corrected chi connectivity index (χ2v) is 15.9. The van der Waals surface area contributed by atoms with Gasteiger partial charge in [0.1, 0.15) is 4.88 Å². The Balaban J connectivity index is 1.58. The van der Waals surface area contributed by atoms with Gasteiger partial charge in [-0.1, -0.05) is 32.9 Å². The van der Waals surface area contributed by atoms with E-state index in [2.05, 4.69) is 73.9 Å². The fraction of sp³-hybridized carbons (Fsp3) is 0.360. The highest BCUT2D eigenvalue weighted by molar-refractivity contribution is 7.21. The lowest BCUT2D eigenvalue weighted by Crippen LogP contribution is -2.44. The summed E-state index contributed by atoms with van der Waals surface area (Å²) in [5.74, 6) is -0.0178. The number of nitrogens with one attached hydrogen (secondary N) is 2. The van der Waals surface area contributed by atoms with Crippen molar-refractivity contribution >= 4 is 52.7 Å². The van der Waals surface area contributed by atoms with E-state index in [1.165, 1.54) is 16.9 Å². The number of hydroxylamine groups is 1. The van der Waals surface area contributed by atoms with E-state index in [0.717, 1.165) is 39.1 Å². The Morgan fingerprint density at radius 2 is 1.97 bits per heavy atom. The van der Waals surface area contributed by atoms with E-state index in [9.17, 15) is 4.79 Å². The number of carbonyl (C=O) groups is 1. The Hall–Kier alpha value is -2.68. The van der Waals surface area contributed by atoms with Gasteiger partial charge in [-0.2, -0.15) is 0 Å². The van der Waals surface area contributed by atoms with Gasteiger partial charge in [-0.15, -0.1) is 11.3 Å². The van der Waals surface area contributed by atoms with E-state index in [1.807, 2.05) is 12.3 Å². The average molecular weight is 481 g/mol. The van der Waals surface area contributed by atoms with E-state index in [1.54, 1.807) is 25.2 Å². The molecule has 2 heterocycles. The van der Waals surface area contributed by atoms with Crippen LogP contribution in [0.4, 0.5) is 11.4 Å². The highest BCUT2D eigenvalue weighted by Crippen LogP contribution is 2.39. The zero-order valence-electron chi connectivity index (χ0n) is 20.4. The topological polar surface area (TPSA) is 66.5 Å². The first-order valence-electron chi connectivity index (χ1n) is 11.1. The van der Waals surface area contributed by atoms with E-state index >= 15 is 0 Å². The molecule has 33 heavy (non-hydrogen) atoms. The SMILES string of the molecule is CN(C)C(=O)c1sc2cnccc2c1Nc1ccc2c(c1)CC=C2NO[Si](C)(C)C(C)(C)C. The van der Waals surface area contributed by atoms with Crippen molar-refractivity contribution in [1.29, 1.82) is 0 Å². The minimum Gasteiger partial charge on any atom is -0.354 e. The van der Waals surface area contributed by atoms with Crippen LogP contribution >= 0.6 is 11.3 Å². The molecule has 2 aromatic heterocycles. The number of allylic oxidation sites excluding steroid dienone is 1. The molecule has 8 heteroatoms. The first kappa shape index (κ1) is 23.5. The maximum Gasteiger partial charge on any atom is 0.265 e. The summed E-state index contributed by atoms with van der Waals surface area (Å²) >= 11 is 1.47. The lowest BCUT2D eigenvalue weighted by molar-refractivity contribution is 0.0833. The molecule has 174 valence electrons. The number of aromatic nitrogens is 1. The Morgan fingerprint density at radius 1 is 1.21 bits per heavy atom. The van der Waals surface area contributed by atoms with Gasteiger partial charge in [0.25, 0.3) is 5.91 Å². The molecule has 0 unspecified atom stereocenters. The van der Waals surface area contributed by atoms with Crippen LogP contribution in [0.2, 0.25) is 18.1 Å². The zero-order chi connectivity index (χ0) is 24.0. The molecule has 0 radical (unpaired) electrons. The van der Waals surface area contributed by atoms with E-state index in [-0.39, 0.29) is 10.9 Å². The summed E-state index contributed by atoms with van der Waals surface area (Å²) in [6.07, 6.45) is 6.59. The van der Waals surface area contributed by atoms with Crippen molar-refractivity contribution in [2.24, 2.45) is 0 Å². The van der Waals surface area contributed by atoms with Gasteiger partial charge in [-0.25, -0.2) is 0 Å². The number of rotatable bonds is 6. The van der Waals surface area contributed by atoms with Crippen LogP contribution < -0.4 is 10.8 Å². The number of hydrogen-bond donors (Lipinski definition) is 2. The van der Waals surface area contributed by atoms with Crippen LogP contribution in [0.15, 0.2) is 42.7 Å². The average Bonchev–Trinajstić information content (AvgIpc) is 3.32. The van der Waals surface area contributed by atoms with Crippen molar-refractivity contribution in [2.75, 3.05) is 19.4 Å². The molecule has 4 rings (SSSR count). The first-order valence-corrected chi connectivity index (χ1v) is 14.8. The molecule has 0 atom stereocenters. The largest absolute Gasteiger partial charge is 0.354 e. The van der Waals surface area contributed by atoms with Crippen molar-refractivity contribution in [3.05, 3.63) is 58.7 Å². The molecule has 0 bridgehead atoms. The summed E-state index contributed by atoms with van der Waals surface area (Å²) in [7, 11) is 1.64. The number of anilines is 2. The smallest absolute Gasteiger partial charge is 0.265 e. The minimum atomic E-state index is -1.90. The summed E-state index contributed by atoms with van der Waals surface area (Å²) in [5, 5.41) is 4.66. The lowest BCUT2D eigenvalue weighted by atomic mass is 10.1. The van der Waals surface area contributed by atoms with Crippen LogP contribution in [0.3, 0.4) is 0 Å². The first-order chi connectivity index (χ1) is 15.5. The molecule has 3 aromatic rings. The van der Waals surface area contributed by atoms with E-state index < -0.39 is 8.32 Å². The Kier molecular flexibility index (Phi) is 6.11. The molecular formula is C25H32N4O2SSi. The van der Waals surface area contributed by atoms with Gasteiger partial charge < -0.3 is 14.7 Å². The molecule has 0 aliphatic heterocycles. The summed E-state index contributed by atoms with van der Waals surface area (Å²) in [6.45, 7) is 11.2. The van der Waals surface area contributed by atoms with Gasteiger partial charge in [0.15, 0.2) is 0 Å². The third kappa shape index (κ3) is 4.55. The Morgan fingerprint density at radius 3 is 2.67 bits per heavy atom. The second-order valence-electron chi connectivity index (χ2n) is 10.2. The van der Waals surface area contributed by atoms with Crippen LogP contribution in [-0.4, -0.2) is 38.2 Å². The monoisotopic (exact) mass is 480 g/mol. The highest BCUT2D eigenvalue weighted by atomic mass is 32.1. The number of pyridine rings is 1. The van der Waals surface area contributed by atoms with Gasteiger partial charge >= 0.3 is 0 Å². The Labute approximate surface area is 200 Å². The molecular weight excluding hydrogens is 448 g/mol.